The van der Waals surface area contributed by atoms with Crippen LogP contribution in [0.25, 0.3) is 0 Å². The van der Waals surface area contributed by atoms with E-state index in [-0.39, 0.29) is 24.5 Å². The highest BCUT2D eigenvalue weighted by Gasteiger charge is 2.31. The van der Waals surface area contributed by atoms with Crippen LogP contribution in [0.4, 0.5) is 0 Å². The van der Waals surface area contributed by atoms with Crippen LogP contribution in [0.1, 0.15) is 6.92 Å². The summed E-state index contributed by atoms with van der Waals surface area (Å²) >= 11 is 0. The van der Waals surface area contributed by atoms with E-state index in [2.05, 4.69) is 16.1 Å². The van der Waals surface area contributed by atoms with Crippen molar-refractivity contribution in [1.29, 1.82) is 0 Å². The minimum atomic E-state index is -3.56. The molecule has 0 aromatic heterocycles. The first-order valence-electron chi connectivity index (χ1n) is 4.80. The zero-order valence-corrected chi connectivity index (χ0v) is 10.1. The molecule has 1 rings (SSSR count). The van der Waals surface area contributed by atoms with E-state index < -0.39 is 28.1 Å². The quantitative estimate of drug-likeness (QED) is 0.395. The Morgan fingerprint density at radius 2 is 2.18 bits per heavy atom. The molecule has 0 radical (unpaired) electrons. The predicted molar refractivity (Wildman–Crippen MR) is 57.4 cm³/mol. The maximum absolute atomic E-state index is 11.2. The van der Waals surface area contributed by atoms with Crippen molar-refractivity contribution in [3.05, 3.63) is 12.2 Å². The third-order valence-corrected chi connectivity index (χ3v) is 3.18. The Bertz CT molecular complexity index is 440. The van der Waals surface area contributed by atoms with Crippen LogP contribution >= 0.6 is 0 Å². The van der Waals surface area contributed by atoms with Crippen LogP contribution in [-0.4, -0.2) is 45.3 Å². The van der Waals surface area contributed by atoms with Crippen LogP contribution in [0.15, 0.2) is 12.2 Å². The van der Waals surface area contributed by atoms with Crippen molar-refractivity contribution >= 4 is 22.0 Å². The third-order valence-electron chi connectivity index (χ3n) is 1.90. The number of amides is 1. The van der Waals surface area contributed by atoms with Crippen LogP contribution in [0.5, 0.6) is 0 Å². The molecule has 0 aromatic carbocycles. The van der Waals surface area contributed by atoms with Gasteiger partial charge in [-0.3, -0.25) is 13.8 Å². The largest absolute Gasteiger partial charge is 0.457 e. The van der Waals surface area contributed by atoms with Gasteiger partial charge in [0.05, 0.1) is 0 Å². The fourth-order valence-electron chi connectivity index (χ4n) is 1.10. The van der Waals surface area contributed by atoms with Gasteiger partial charge in [0.15, 0.2) is 0 Å². The van der Waals surface area contributed by atoms with Gasteiger partial charge in [-0.05, 0) is 6.92 Å². The molecule has 1 heterocycles. The van der Waals surface area contributed by atoms with Crippen molar-refractivity contribution in [2.24, 2.45) is 0 Å². The summed E-state index contributed by atoms with van der Waals surface area (Å²) in [5.41, 5.74) is 0.268. The van der Waals surface area contributed by atoms with E-state index >= 15 is 0 Å². The Kier molecular flexibility index (Phi) is 4.24. The van der Waals surface area contributed by atoms with Crippen molar-refractivity contribution < 1.29 is 26.9 Å². The standard InChI is InChI=1S/C9H13NO6S/c1-6(2)9(12)10-3-8(11)16-7-4-15-17(13,14)5-7/h7H,1,3-5H2,2H3,(H,10,12). The SMILES string of the molecule is C=C(C)C(=O)NCC(=O)OC1COS(=O)(=O)C1. The molecule has 0 aliphatic carbocycles. The number of esters is 1. The van der Waals surface area contributed by atoms with Crippen molar-refractivity contribution in [2.45, 2.75) is 13.0 Å². The van der Waals surface area contributed by atoms with E-state index in [0.717, 1.165) is 0 Å². The molecule has 1 atom stereocenters. The maximum Gasteiger partial charge on any atom is 0.325 e. The molecule has 0 bridgehead atoms. The number of nitrogens with one attached hydrogen (secondary N) is 1. The second-order valence-electron chi connectivity index (χ2n) is 3.58. The average Bonchev–Trinajstić information content (AvgIpc) is 2.54. The monoisotopic (exact) mass is 263 g/mol. The second kappa shape index (κ2) is 5.28. The molecule has 7 nitrogen and oxygen atoms in total. The average molecular weight is 263 g/mol. The lowest BCUT2D eigenvalue weighted by Gasteiger charge is -2.09. The Balaban J connectivity index is 2.31. The molecule has 1 fully saturated rings. The van der Waals surface area contributed by atoms with E-state index in [1.807, 2.05) is 0 Å². The summed E-state index contributed by atoms with van der Waals surface area (Å²) < 4.78 is 31.0. The lowest BCUT2D eigenvalue weighted by atomic mass is 10.3. The van der Waals surface area contributed by atoms with Gasteiger partial charge >= 0.3 is 5.97 Å². The first-order valence-corrected chi connectivity index (χ1v) is 6.38. The van der Waals surface area contributed by atoms with Gasteiger partial charge in [0.2, 0.25) is 5.91 Å². The van der Waals surface area contributed by atoms with E-state index in [1.165, 1.54) is 6.92 Å². The Morgan fingerprint density at radius 3 is 2.65 bits per heavy atom. The summed E-state index contributed by atoms with van der Waals surface area (Å²) in [5.74, 6) is -1.53. The molecule has 0 saturated carbocycles. The molecule has 1 aliphatic rings. The topological polar surface area (TPSA) is 98.8 Å². The Morgan fingerprint density at radius 1 is 1.53 bits per heavy atom. The third kappa shape index (κ3) is 4.53. The molecular weight excluding hydrogens is 250 g/mol. The molecule has 0 spiro atoms. The molecule has 1 aliphatic heterocycles. The van der Waals surface area contributed by atoms with Gasteiger partial charge in [-0.2, -0.15) is 8.42 Å². The zero-order chi connectivity index (χ0) is 13.1. The highest BCUT2D eigenvalue weighted by molar-refractivity contribution is 7.87. The fourth-order valence-corrected chi connectivity index (χ4v) is 2.18. The molecule has 96 valence electrons. The minimum Gasteiger partial charge on any atom is -0.457 e. The molecular formula is C9H13NO6S. The summed E-state index contributed by atoms with van der Waals surface area (Å²) in [6.07, 6.45) is -0.811. The second-order valence-corrected chi connectivity index (χ2v) is 5.27. The van der Waals surface area contributed by atoms with E-state index in [0.29, 0.717) is 0 Å². The van der Waals surface area contributed by atoms with E-state index in [1.54, 1.807) is 0 Å². The molecule has 1 unspecified atom stereocenters. The number of ether oxygens (including phenoxy) is 1. The maximum atomic E-state index is 11.2. The number of carbonyl (C=O) groups excluding carboxylic acids is 2. The van der Waals surface area contributed by atoms with Crippen molar-refractivity contribution in [1.82, 2.24) is 5.32 Å². The molecule has 17 heavy (non-hydrogen) atoms. The summed E-state index contributed by atoms with van der Waals surface area (Å²) in [6, 6.07) is 0. The molecule has 0 aromatic rings. The molecule has 8 heteroatoms. The Hall–Kier alpha value is -1.41. The first kappa shape index (κ1) is 13.7. The highest BCUT2D eigenvalue weighted by atomic mass is 32.2. The van der Waals surface area contributed by atoms with Gasteiger partial charge < -0.3 is 10.1 Å². The van der Waals surface area contributed by atoms with Crippen LogP contribution < -0.4 is 5.32 Å². The van der Waals surface area contributed by atoms with Crippen molar-refractivity contribution in [3.63, 3.8) is 0 Å². The summed E-state index contributed by atoms with van der Waals surface area (Å²) in [4.78, 5) is 22.3. The van der Waals surface area contributed by atoms with E-state index in [4.69, 9.17) is 4.74 Å². The van der Waals surface area contributed by atoms with Gasteiger partial charge in [-0.1, -0.05) is 6.58 Å². The van der Waals surface area contributed by atoms with Gasteiger partial charge in [-0.25, -0.2) is 0 Å². The fraction of sp³-hybridized carbons (Fsp3) is 0.556. The zero-order valence-electron chi connectivity index (χ0n) is 9.26. The minimum absolute atomic E-state index is 0.178. The lowest BCUT2D eigenvalue weighted by molar-refractivity contribution is -0.148. The summed E-state index contributed by atoms with van der Waals surface area (Å²) in [6.45, 7) is 4.38. The summed E-state index contributed by atoms with van der Waals surface area (Å²) in [5, 5.41) is 2.27. The van der Waals surface area contributed by atoms with Crippen LogP contribution in [0, 0.1) is 0 Å². The first-order chi connectivity index (χ1) is 7.80. The normalized spacial score (nSPS) is 21.8. The molecule has 1 saturated heterocycles. The summed E-state index contributed by atoms with van der Waals surface area (Å²) in [7, 11) is -3.56. The smallest absolute Gasteiger partial charge is 0.325 e. The van der Waals surface area contributed by atoms with Gasteiger partial charge in [0.25, 0.3) is 10.1 Å². The van der Waals surface area contributed by atoms with Gasteiger partial charge in [-0.15, -0.1) is 0 Å². The number of rotatable bonds is 4. The number of hydrogen-bond acceptors (Lipinski definition) is 6. The highest BCUT2D eigenvalue weighted by Crippen LogP contribution is 2.11. The predicted octanol–water partition coefficient (Wildman–Crippen LogP) is -1.05. The van der Waals surface area contributed by atoms with Gasteiger partial charge in [0, 0.05) is 5.57 Å². The number of hydrogen-bond donors (Lipinski definition) is 1. The molecule has 1 N–H and O–H groups in total. The lowest BCUT2D eigenvalue weighted by Crippen LogP contribution is -2.33. The van der Waals surface area contributed by atoms with Crippen molar-refractivity contribution in [3.8, 4) is 0 Å². The van der Waals surface area contributed by atoms with Crippen molar-refractivity contribution in [2.75, 3.05) is 18.9 Å². The number of carbonyl (C=O) groups is 2. The van der Waals surface area contributed by atoms with Crippen LogP contribution in [0.2, 0.25) is 0 Å². The van der Waals surface area contributed by atoms with Gasteiger partial charge in [0.1, 0.15) is 25.0 Å². The van der Waals surface area contributed by atoms with Crippen LogP contribution in [0.3, 0.4) is 0 Å². The Labute approximate surface area is 98.9 Å². The van der Waals surface area contributed by atoms with E-state index in [9.17, 15) is 18.0 Å². The van der Waals surface area contributed by atoms with Crippen LogP contribution in [-0.2, 0) is 28.6 Å². The molecule has 1 amide bonds.